The van der Waals surface area contributed by atoms with E-state index in [1.54, 1.807) is 11.4 Å². The summed E-state index contributed by atoms with van der Waals surface area (Å²) in [6.07, 6.45) is 0. The average molecular weight is 298 g/mol. The molecule has 2 N–H and O–H groups in total. The topological polar surface area (TPSA) is 62.2 Å². The summed E-state index contributed by atoms with van der Waals surface area (Å²) in [4.78, 5) is 16.4. The van der Waals surface area contributed by atoms with Crippen LogP contribution in [0.3, 0.4) is 0 Å². The van der Waals surface area contributed by atoms with Crippen molar-refractivity contribution in [2.45, 2.75) is 13.5 Å². The molecular formula is C16H14N2O2S. The van der Waals surface area contributed by atoms with Gasteiger partial charge in [0.15, 0.2) is 0 Å². The summed E-state index contributed by atoms with van der Waals surface area (Å²) < 4.78 is 0. The third-order valence-electron chi connectivity index (χ3n) is 3.21. The Morgan fingerprint density at radius 1 is 1.33 bits per heavy atom. The number of pyridine rings is 1. The Morgan fingerprint density at radius 3 is 2.95 bits per heavy atom. The largest absolute Gasteiger partial charge is 0.478 e. The SMILES string of the molecule is Cc1ccc2cccc(NCc3cc(C(=O)O)cs3)c2n1. The molecule has 0 bridgehead atoms. The number of nitrogens with one attached hydrogen (secondary N) is 1. The Kier molecular flexibility index (Phi) is 3.58. The van der Waals surface area contributed by atoms with E-state index in [0.29, 0.717) is 12.1 Å². The van der Waals surface area contributed by atoms with Gasteiger partial charge in [0.05, 0.1) is 16.8 Å². The maximum Gasteiger partial charge on any atom is 0.336 e. The van der Waals surface area contributed by atoms with E-state index in [0.717, 1.165) is 27.2 Å². The van der Waals surface area contributed by atoms with Gasteiger partial charge in [0, 0.05) is 27.9 Å². The molecule has 0 unspecified atom stereocenters. The zero-order chi connectivity index (χ0) is 14.8. The number of carboxylic acids is 1. The standard InChI is InChI=1S/C16H14N2O2S/c1-10-5-6-11-3-2-4-14(15(11)18-10)17-8-13-7-12(9-21-13)16(19)20/h2-7,9,17H,8H2,1H3,(H,19,20). The Morgan fingerprint density at radius 2 is 2.19 bits per heavy atom. The number of benzene rings is 1. The molecule has 2 heterocycles. The Hall–Kier alpha value is -2.40. The zero-order valence-corrected chi connectivity index (χ0v) is 12.3. The van der Waals surface area contributed by atoms with Crippen LogP contribution in [0.15, 0.2) is 41.8 Å². The van der Waals surface area contributed by atoms with Gasteiger partial charge in [0.1, 0.15) is 0 Å². The molecule has 106 valence electrons. The average Bonchev–Trinajstić information content (AvgIpc) is 2.94. The van der Waals surface area contributed by atoms with Gasteiger partial charge >= 0.3 is 5.97 Å². The molecule has 2 aromatic heterocycles. The van der Waals surface area contributed by atoms with Crippen molar-refractivity contribution in [1.82, 2.24) is 4.98 Å². The van der Waals surface area contributed by atoms with Crippen LogP contribution in [-0.2, 0) is 6.54 Å². The van der Waals surface area contributed by atoms with Gasteiger partial charge in [-0.15, -0.1) is 11.3 Å². The van der Waals surface area contributed by atoms with Gasteiger partial charge in [0.25, 0.3) is 0 Å². The molecule has 0 saturated heterocycles. The lowest BCUT2D eigenvalue weighted by molar-refractivity contribution is 0.0697. The quantitative estimate of drug-likeness (QED) is 0.766. The molecule has 0 aliphatic rings. The first-order valence-corrected chi connectivity index (χ1v) is 7.42. The number of hydrogen-bond acceptors (Lipinski definition) is 4. The number of nitrogens with zero attached hydrogens (tertiary/aromatic N) is 1. The van der Waals surface area contributed by atoms with E-state index in [4.69, 9.17) is 5.11 Å². The van der Waals surface area contributed by atoms with Crippen molar-refractivity contribution < 1.29 is 9.90 Å². The highest BCUT2D eigenvalue weighted by Gasteiger charge is 2.07. The van der Waals surface area contributed by atoms with Crippen LogP contribution in [-0.4, -0.2) is 16.1 Å². The molecule has 0 fully saturated rings. The lowest BCUT2D eigenvalue weighted by atomic mass is 10.1. The van der Waals surface area contributed by atoms with E-state index in [2.05, 4.69) is 16.4 Å². The normalized spacial score (nSPS) is 10.7. The molecule has 0 aliphatic carbocycles. The molecule has 21 heavy (non-hydrogen) atoms. The van der Waals surface area contributed by atoms with Gasteiger partial charge < -0.3 is 10.4 Å². The summed E-state index contributed by atoms with van der Waals surface area (Å²) in [7, 11) is 0. The van der Waals surface area contributed by atoms with E-state index < -0.39 is 5.97 Å². The van der Waals surface area contributed by atoms with E-state index in [1.807, 2.05) is 31.2 Å². The minimum Gasteiger partial charge on any atom is -0.478 e. The van der Waals surface area contributed by atoms with Crippen LogP contribution >= 0.6 is 11.3 Å². The number of aromatic carboxylic acids is 1. The summed E-state index contributed by atoms with van der Waals surface area (Å²) >= 11 is 1.44. The maximum absolute atomic E-state index is 10.9. The first kappa shape index (κ1) is 13.6. The van der Waals surface area contributed by atoms with Gasteiger partial charge in [-0.2, -0.15) is 0 Å². The van der Waals surface area contributed by atoms with Crippen molar-refractivity contribution >= 4 is 33.9 Å². The third-order valence-corrected chi connectivity index (χ3v) is 4.15. The number of para-hydroxylation sites is 1. The molecule has 0 spiro atoms. The number of carboxylic acid groups (broad SMARTS) is 1. The number of aromatic nitrogens is 1. The number of fused-ring (bicyclic) bond motifs is 1. The number of aryl methyl sites for hydroxylation is 1. The fourth-order valence-electron chi connectivity index (χ4n) is 2.16. The lowest BCUT2D eigenvalue weighted by Crippen LogP contribution is -2.00. The minimum absolute atomic E-state index is 0.337. The van der Waals surface area contributed by atoms with Crippen LogP contribution < -0.4 is 5.32 Å². The first-order chi connectivity index (χ1) is 10.1. The highest BCUT2D eigenvalue weighted by atomic mass is 32.1. The van der Waals surface area contributed by atoms with Gasteiger partial charge in [0.2, 0.25) is 0 Å². The monoisotopic (exact) mass is 298 g/mol. The number of anilines is 1. The Labute approximate surface area is 126 Å². The molecule has 0 amide bonds. The van der Waals surface area contributed by atoms with Gasteiger partial charge in [-0.05, 0) is 25.1 Å². The highest BCUT2D eigenvalue weighted by Crippen LogP contribution is 2.23. The molecule has 4 nitrogen and oxygen atoms in total. The number of thiophene rings is 1. The molecule has 0 aliphatic heterocycles. The highest BCUT2D eigenvalue weighted by molar-refractivity contribution is 7.10. The Bertz CT molecular complexity index is 811. The molecule has 1 aromatic carbocycles. The second-order valence-corrected chi connectivity index (χ2v) is 5.79. The molecular weight excluding hydrogens is 284 g/mol. The second-order valence-electron chi connectivity index (χ2n) is 4.79. The van der Waals surface area contributed by atoms with Crippen LogP contribution in [0.25, 0.3) is 10.9 Å². The number of hydrogen-bond donors (Lipinski definition) is 2. The molecule has 0 radical (unpaired) electrons. The fraction of sp³-hybridized carbons (Fsp3) is 0.125. The lowest BCUT2D eigenvalue weighted by Gasteiger charge is -2.08. The predicted octanol–water partition coefficient (Wildman–Crippen LogP) is 3.92. The molecule has 0 atom stereocenters. The summed E-state index contributed by atoms with van der Waals surface area (Å²) in [5, 5.41) is 15.0. The number of carbonyl (C=O) groups is 1. The van der Waals surface area contributed by atoms with Crippen LogP contribution in [0.2, 0.25) is 0 Å². The zero-order valence-electron chi connectivity index (χ0n) is 11.5. The van der Waals surface area contributed by atoms with Crippen molar-refractivity contribution in [3.63, 3.8) is 0 Å². The van der Waals surface area contributed by atoms with Gasteiger partial charge in [-0.3, -0.25) is 4.98 Å². The van der Waals surface area contributed by atoms with E-state index in [1.165, 1.54) is 11.3 Å². The van der Waals surface area contributed by atoms with Crippen LogP contribution in [0.4, 0.5) is 5.69 Å². The molecule has 3 aromatic rings. The van der Waals surface area contributed by atoms with E-state index in [-0.39, 0.29) is 0 Å². The minimum atomic E-state index is -0.889. The van der Waals surface area contributed by atoms with E-state index in [9.17, 15) is 4.79 Å². The van der Waals surface area contributed by atoms with Gasteiger partial charge in [-0.1, -0.05) is 18.2 Å². The number of rotatable bonds is 4. The summed E-state index contributed by atoms with van der Waals surface area (Å²) in [6, 6.07) is 11.7. The van der Waals surface area contributed by atoms with Crippen molar-refractivity contribution in [2.24, 2.45) is 0 Å². The van der Waals surface area contributed by atoms with E-state index >= 15 is 0 Å². The fourth-order valence-corrected chi connectivity index (χ4v) is 2.95. The summed E-state index contributed by atoms with van der Waals surface area (Å²) in [5.74, 6) is -0.889. The first-order valence-electron chi connectivity index (χ1n) is 6.54. The molecule has 5 heteroatoms. The smallest absolute Gasteiger partial charge is 0.336 e. The predicted molar refractivity (Wildman–Crippen MR) is 85.1 cm³/mol. The Balaban J connectivity index is 1.84. The van der Waals surface area contributed by atoms with Crippen LogP contribution in [0.5, 0.6) is 0 Å². The van der Waals surface area contributed by atoms with Crippen LogP contribution in [0, 0.1) is 6.92 Å². The summed E-state index contributed by atoms with van der Waals surface area (Å²) in [6.45, 7) is 2.56. The second kappa shape index (κ2) is 5.54. The van der Waals surface area contributed by atoms with Crippen LogP contribution in [0.1, 0.15) is 20.9 Å². The third kappa shape index (κ3) is 2.87. The maximum atomic E-state index is 10.9. The van der Waals surface area contributed by atoms with Gasteiger partial charge in [-0.25, -0.2) is 4.79 Å². The molecule has 0 saturated carbocycles. The van der Waals surface area contributed by atoms with Crippen molar-refractivity contribution in [3.8, 4) is 0 Å². The van der Waals surface area contributed by atoms with Crippen molar-refractivity contribution in [3.05, 3.63) is 57.9 Å². The van der Waals surface area contributed by atoms with Crippen molar-refractivity contribution in [1.29, 1.82) is 0 Å². The summed E-state index contributed by atoms with van der Waals surface area (Å²) in [5.41, 5.74) is 3.21. The molecule has 3 rings (SSSR count). The van der Waals surface area contributed by atoms with Crippen molar-refractivity contribution in [2.75, 3.05) is 5.32 Å².